The minimum absolute atomic E-state index is 0.350. The molecule has 1 aromatic rings. The molecule has 0 aliphatic carbocycles. The number of carbonyl (C=O) groups excluding carboxylic acids is 2. The summed E-state index contributed by atoms with van der Waals surface area (Å²) in [6.45, 7) is 2.68. The average molecular weight is 251 g/mol. The van der Waals surface area contributed by atoms with E-state index in [-0.39, 0.29) is 6.03 Å². The molecule has 0 atom stereocenters. The number of nitrogens with two attached hydrogens (primary N) is 1. The van der Waals surface area contributed by atoms with Crippen molar-refractivity contribution < 1.29 is 14.3 Å². The van der Waals surface area contributed by atoms with E-state index in [0.717, 1.165) is 5.56 Å². The molecule has 0 saturated carbocycles. The molecule has 1 aromatic carbocycles. The highest BCUT2D eigenvalue weighted by molar-refractivity contribution is 5.96. The zero-order valence-electron chi connectivity index (χ0n) is 10.4. The Kier molecular flexibility index (Phi) is 5.13. The van der Waals surface area contributed by atoms with Crippen molar-refractivity contribution in [1.82, 2.24) is 5.32 Å². The summed E-state index contributed by atoms with van der Waals surface area (Å²) in [5.41, 5.74) is 6.94. The molecular weight excluding hydrogens is 234 g/mol. The monoisotopic (exact) mass is 251 g/mol. The molecule has 1 rings (SSSR count). The summed E-state index contributed by atoms with van der Waals surface area (Å²) in [5, 5.41) is 5.27. The molecule has 4 N–H and O–H groups in total. The Morgan fingerprint density at radius 3 is 2.72 bits per heavy atom. The minimum atomic E-state index is -0.530. The first-order valence-electron chi connectivity index (χ1n) is 5.49. The van der Waals surface area contributed by atoms with Gasteiger partial charge in [0.2, 0.25) is 5.91 Å². The molecule has 0 saturated heterocycles. The van der Waals surface area contributed by atoms with E-state index in [0.29, 0.717) is 24.4 Å². The molecule has 0 unspecified atom stereocenters. The lowest BCUT2D eigenvalue weighted by atomic mass is 10.1. The molecular formula is C12H17N3O3. The molecule has 3 amide bonds. The first-order chi connectivity index (χ1) is 8.54. The maximum Gasteiger partial charge on any atom is 0.319 e. The smallest absolute Gasteiger partial charge is 0.319 e. The fourth-order valence-electron chi connectivity index (χ4n) is 1.34. The zero-order valence-corrected chi connectivity index (χ0v) is 10.4. The van der Waals surface area contributed by atoms with E-state index in [1.54, 1.807) is 25.3 Å². The Hall–Kier alpha value is -2.08. The highest BCUT2D eigenvalue weighted by Crippen LogP contribution is 2.16. The summed E-state index contributed by atoms with van der Waals surface area (Å²) in [7, 11) is 1.56. The molecule has 0 spiro atoms. The Morgan fingerprint density at radius 1 is 1.39 bits per heavy atom. The third kappa shape index (κ3) is 4.06. The van der Waals surface area contributed by atoms with Crippen molar-refractivity contribution in [3.05, 3.63) is 29.3 Å². The lowest BCUT2D eigenvalue weighted by Crippen LogP contribution is -2.31. The number of nitrogens with one attached hydrogen (secondary N) is 2. The molecule has 0 radical (unpaired) electrons. The van der Waals surface area contributed by atoms with Crippen molar-refractivity contribution in [1.29, 1.82) is 0 Å². The molecule has 0 bridgehead atoms. The quantitative estimate of drug-likeness (QED) is 0.677. The number of urea groups is 1. The van der Waals surface area contributed by atoms with E-state index >= 15 is 0 Å². The van der Waals surface area contributed by atoms with Gasteiger partial charge in [-0.25, -0.2) is 4.79 Å². The van der Waals surface area contributed by atoms with Crippen LogP contribution in [0.5, 0.6) is 0 Å². The van der Waals surface area contributed by atoms with Crippen LogP contribution in [0.15, 0.2) is 18.2 Å². The van der Waals surface area contributed by atoms with E-state index in [1.807, 2.05) is 6.92 Å². The Morgan fingerprint density at radius 2 is 2.11 bits per heavy atom. The molecule has 0 aromatic heterocycles. The number of primary amides is 1. The summed E-state index contributed by atoms with van der Waals surface area (Å²) in [4.78, 5) is 22.6. The van der Waals surface area contributed by atoms with Crippen LogP contribution in [0.2, 0.25) is 0 Å². The summed E-state index contributed by atoms with van der Waals surface area (Å²) in [6.07, 6.45) is 0. The number of carbonyl (C=O) groups is 2. The third-order valence-corrected chi connectivity index (χ3v) is 2.36. The largest absolute Gasteiger partial charge is 0.383 e. The van der Waals surface area contributed by atoms with Crippen LogP contribution >= 0.6 is 0 Å². The van der Waals surface area contributed by atoms with Gasteiger partial charge in [-0.05, 0) is 24.6 Å². The Labute approximate surface area is 105 Å². The van der Waals surface area contributed by atoms with Crippen LogP contribution in [0.25, 0.3) is 0 Å². The standard InChI is InChI=1S/C12H17N3O3/c1-8-3-4-9(11(13)16)7-10(8)15-12(17)14-5-6-18-2/h3-4,7H,5-6H2,1-2H3,(H2,13,16)(H2,14,15,17). The van der Waals surface area contributed by atoms with Crippen LogP contribution in [-0.2, 0) is 4.74 Å². The number of ether oxygens (including phenoxy) is 1. The van der Waals surface area contributed by atoms with Gasteiger partial charge in [0.25, 0.3) is 0 Å². The SMILES string of the molecule is COCCNC(=O)Nc1cc(C(N)=O)ccc1C. The van der Waals surface area contributed by atoms with Gasteiger partial charge in [-0.15, -0.1) is 0 Å². The Balaban J connectivity index is 2.68. The van der Waals surface area contributed by atoms with Crippen molar-refractivity contribution in [3.8, 4) is 0 Å². The van der Waals surface area contributed by atoms with Gasteiger partial charge in [0.05, 0.1) is 6.61 Å². The number of rotatable bonds is 5. The molecule has 0 aliphatic rings. The van der Waals surface area contributed by atoms with Crippen LogP contribution in [0.4, 0.5) is 10.5 Å². The second kappa shape index (κ2) is 6.61. The van der Waals surface area contributed by atoms with E-state index in [2.05, 4.69) is 10.6 Å². The van der Waals surface area contributed by atoms with E-state index in [4.69, 9.17) is 10.5 Å². The van der Waals surface area contributed by atoms with Crippen molar-refractivity contribution in [3.63, 3.8) is 0 Å². The molecule has 98 valence electrons. The van der Waals surface area contributed by atoms with Crippen LogP contribution in [0.1, 0.15) is 15.9 Å². The molecule has 0 fully saturated rings. The molecule has 0 aliphatic heterocycles. The molecule has 6 heteroatoms. The number of anilines is 1. The van der Waals surface area contributed by atoms with Gasteiger partial charge < -0.3 is 21.1 Å². The lowest BCUT2D eigenvalue weighted by Gasteiger charge is -2.10. The zero-order chi connectivity index (χ0) is 13.5. The number of hydrogen-bond donors (Lipinski definition) is 3. The summed E-state index contributed by atoms with van der Waals surface area (Å²) < 4.78 is 4.81. The summed E-state index contributed by atoms with van der Waals surface area (Å²) >= 11 is 0. The van der Waals surface area contributed by atoms with Gasteiger partial charge in [0, 0.05) is 24.9 Å². The van der Waals surface area contributed by atoms with Crippen molar-refractivity contribution in [2.75, 3.05) is 25.6 Å². The lowest BCUT2D eigenvalue weighted by molar-refractivity contribution is 0.100. The molecule has 0 heterocycles. The first kappa shape index (κ1) is 14.0. The van der Waals surface area contributed by atoms with Gasteiger partial charge in [0.1, 0.15) is 0 Å². The van der Waals surface area contributed by atoms with Gasteiger partial charge in [-0.1, -0.05) is 6.07 Å². The summed E-state index contributed by atoms with van der Waals surface area (Å²) in [6, 6.07) is 4.54. The topological polar surface area (TPSA) is 93.4 Å². The van der Waals surface area contributed by atoms with Crippen LogP contribution in [0, 0.1) is 6.92 Å². The molecule has 18 heavy (non-hydrogen) atoms. The predicted molar refractivity (Wildman–Crippen MR) is 68.6 cm³/mol. The van der Waals surface area contributed by atoms with Crippen molar-refractivity contribution >= 4 is 17.6 Å². The second-order valence-corrected chi connectivity index (χ2v) is 3.77. The average Bonchev–Trinajstić information content (AvgIpc) is 2.32. The van der Waals surface area contributed by atoms with Crippen LogP contribution in [0.3, 0.4) is 0 Å². The fraction of sp³-hybridized carbons (Fsp3) is 0.333. The first-order valence-corrected chi connectivity index (χ1v) is 5.49. The maximum atomic E-state index is 11.5. The number of hydrogen-bond acceptors (Lipinski definition) is 3. The number of methoxy groups -OCH3 is 1. The third-order valence-electron chi connectivity index (χ3n) is 2.36. The van der Waals surface area contributed by atoms with Crippen molar-refractivity contribution in [2.24, 2.45) is 5.73 Å². The van der Waals surface area contributed by atoms with Crippen molar-refractivity contribution in [2.45, 2.75) is 6.92 Å². The number of amides is 3. The maximum absolute atomic E-state index is 11.5. The van der Waals surface area contributed by atoms with Gasteiger partial charge in [-0.2, -0.15) is 0 Å². The summed E-state index contributed by atoms with van der Waals surface area (Å²) in [5.74, 6) is -0.530. The van der Waals surface area contributed by atoms with Gasteiger partial charge >= 0.3 is 6.03 Å². The fourth-order valence-corrected chi connectivity index (χ4v) is 1.34. The van der Waals surface area contributed by atoms with Crippen LogP contribution < -0.4 is 16.4 Å². The molecule has 6 nitrogen and oxygen atoms in total. The minimum Gasteiger partial charge on any atom is -0.383 e. The van der Waals surface area contributed by atoms with E-state index < -0.39 is 5.91 Å². The predicted octanol–water partition coefficient (Wildman–Crippen LogP) is 0.862. The second-order valence-electron chi connectivity index (χ2n) is 3.77. The Bertz CT molecular complexity index is 446. The normalized spacial score (nSPS) is 9.89. The number of aryl methyl sites for hydroxylation is 1. The van der Waals surface area contributed by atoms with Crippen LogP contribution in [-0.4, -0.2) is 32.2 Å². The number of benzene rings is 1. The van der Waals surface area contributed by atoms with Gasteiger partial charge in [-0.3, -0.25) is 4.79 Å². The van der Waals surface area contributed by atoms with Gasteiger partial charge in [0.15, 0.2) is 0 Å². The van der Waals surface area contributed by atoms with E-state index in [9.17, 15) is 9.59 Å². The highest BCUT2D eigenvalue weighted by Gasteiger charge is 2.07. The highest BCUT2D eigenvalue weighted by atomic mass is 16.5. The van der Waals surface area contributed by atoms with E-state index in [1.165, 1.54) is 0 Å².